The second-order valence-electron chi connectivity index (χ2n) is 5.26. The average molecular weight is 266 g/mol. The van der Waals surface area contributed by atoms with Crippen molar-refractivity contribution in [2.75, 3.05) is 26.7 Å². The Hall–Kier alpha value is -1.33. The van der Waals surface area contributed by atoms with E-state index in [-0.39, 0.29) is 0 Å². The summed E-state index contributed by atoms with van der Waals surface area (Å²) in [6, 6.07) is 1.84. The number of esters is 1. The summed E-state index contributed by atoms with van der Waals surface area (Å²) in [6.45, 7) is 5.69. The number of nitrogens with two attached hydrogens (primary N) is 1. The van der Waals surface area contributed by atoms with Crippen molar-refractivity contribution in [2.24, 2.45) is 17.6 Å². The van der Waals surface area contributed by atoms with E-state index in [1.165, 1.54) is 13.4 Å². The van der Waals surface area contributed by atoms with Gasteiger partial charge in [0.15, 0.2) is 0 Å². The lowest BCUT2D eigenvalue weighted by atomic mass is 9.87. The summed E-state index contributed by atoms with van der Waals surface area (Å²) < 4.78 is 9.92. The molecule has 5 heteroatoms. The number of ether oxygens (including phenoxy) is 1. The van der Waals surface area contributed by atoms with Crippen LogP contribution < -0.4 is 5.73 Å². The number of carbonyl (C=O) groups excluding carboxylic acids is 1. The maximum absolute atomic E-state index is 11.6. The van der Waals surface area contributed by atoms with Gasteiger partial charge in [-0.25, -0.2) is 4.79 Å². The molecule has 2 atom stereocenters. The van der Waals surface area contributed by atoms with Crippen LogP contribution in [0, 0.1) is 11.8 Å². The van der Waals surface area contributed by atoms with Crippen molar-refractivity contribution in [3.8, 4) is 0 Å². The summed E-state index contributed by atoms with van der Waals surface area (Å²) in [7, 11) is 1.36. The van der Waals surface area contributed by atoms with Gasteiger partial charge < -0.3 is 14.9 Å². The first-order chi connectivity index (χ1) is 9.15. The number of carbonyl (C=O) groups is 1. The molecule has 1 aliphatic heterocycles. The fraction of sp³-hybridized carbons (Fsp3) is 0.643. The van der Waals surface area contributed by atoms with Gasteiger partial charge in [0, 0.05) is 18.7 Å². The van der Waals surface area contributed by atoms with Gasteiger partial charge in [-0.05, 0) is 37.4 Å². The van der Waals surface area contributed by atoms with Crippen LogP contribution in [-0.4, -0.2) is 37.6 Å². The van der Waals surface area contributed by atoms with Gasteiger partial charge in [-0.2, -0.15) is 0 Å². The second-order valence-corrected chi connectivity index (χ2v) is 5.26. The molecule has 0 aromatic carbocycles. The van der Waals surface area contributed by atoms with Crippen molar-refractivity contribution >= 4 is 5.97 Å². The topological polar surface area (TPSA) is 68.7 Å². The Morgan fingerprint density at radius 3 is 3.11 bits per heavy atom. The molecule has 5 nitrogen and oxygen atoms in total. The fourth-order valence-electron chi connectivity index (χ4n) is 2.65. The van der Waals surface area contributed by atoms with Crippen molar-refractivity contribution in [3.63, 3.8) is 0 Å². The number of methoxy groups -OCH3 is 1. The largest absolute Gasteiger partial charge is 0.463 e. The number of piperidine rings is 1. The van der Waals surface area contributed by atoms with Gasteiger partial charge in [-0.3, -0.25) is 4.90 Å². The molecular formula is C14H22N2O3. The van der Waals surface area contributed by atoms with E-state index >= 15 is 0 Å². The summed E-state index contributed by atoms with van der Waals surface area (Å²) in [5.41, 5.74) is 6.70. The van der Waals surface area contributed by atoms with E-state index in [0.29, 0.717) is 30.7 Å². The Bertz CT molecular complexity index is 430. The molecule has 0 aliphatic carbocycles. The monoisotopic (exact) mass is 266 g/mol. The van der Waals surface area contributed by atoms with Gasteiger partial charge >= 0.3 is 5.97 Å². The molecule has 19 heavy (non-hydrogen) atoms. The van der Waals surface area contributed by atoms with Gasteiger partial charge in [0.05, 0.1) is 13.4 Å². The van der Waals surface area contributed by atoms with Crippen molar-refractivity contribution in [2.45, 2.75) is 19.9 Å². The highest BCUT2D eigenvalue weighted by atomic mass is 16.5. The molecule has 2 heterocycles. The Kier molecular flexibility index (Phi) is 4.61. The minimum Gasteiger partial charge on any atom is -0.463 e. The third-order valence-electron chi connectivity index (χ3n) is 4.01. The van der Waals surface area contributed by atoms with Gasteiger partial charge in [-0.15, -0.1) is 0 Å². The molecular weight excluding hydrogens is 244 g/mol. The van der Waals surface area contributed by atoms with Crippen LogP contribution >= 0.6 is 0 Å². The standard InChI is InChI=1S/C14H22N2O3/c1-10-3-5-16(9-12(10)7-15)8-11-4-6-19-13(11)14(17)18-2/h4,6,10,12H,3,5,7-9,15H2,1-2H3. The zero-order chi connectivity index (χ0) is 13.8. The van der Waals surface area contributed by atoms with Gasteiger partial charge in [-0.1, -0.05) is 6.92 Å². The second kappa shape index (κ2) is 6.21. The highest BCUT2D eigenvalue weighted by molar-refractivity contribution is 5.87. The summed E-state index contributed by atoms with van der Waals surface area (Å²) in [5.74, 6) is 1.10. The molecule has 2 unspecified atom stereocenters. The molecule has 1 aromatic rings. The zero-order valence-electron chi connectivity index (χ0n) is 11.6. The Morgan fingerprint density at radius 2 is 2.42 bits per heavy atom. The minimum absolute atomic E-state index is 0.311. The SMILES string of the molecule is COC(=O)c1occc1CN1CCC(C)C(CN)C1. The van der Waals surface area contributed by atoms with E-state index in [4.69, 9.17) is 14.9 Å². The van der Waals surface area contributed by atoms with Crippen molar-refractivity contribution < 1.29 is 13.9 Å². The maximum atomic E-state index is 11.6. The van der Waals surface area contributed by atoms with Crippen molar-refractivity contribution in [1.82, 2.24) is 4.90 Å². The Labute approximate surface area is 113 Å². The van der Waals surface area contributed by atoms with Crippen LogP contribution in [-0.2, 0) is 11.3 Å². The molecule has 0 radical (unpaired) electrons. The normalized spacial score (nSPS) is 24.4. The van der Waals surface area contributed by atoms with E-state index in [0.717, 1.165) is 25.1 Å². The summed E-state index contributed by atoms with van der Waals surface area (Å²) in [5, 5.41) is 0. The summed E-state index contributed by atoms with van der Waals surface area (Å²) >= 11 is 0. The molecule has 2 N–H and O–H groups in total. The predicted octanol–water partition coefficient (Wildman–Crippen LogP) is 1.48. The number of hydrogen-bond donors (Lipinski definition) is 1. The molecule has 0 amide bonds. The van der Waals surface area contributed by atoms with Crippen LogP contribution in [0.4, 0.5) is 0 Å². The minimum atomic E-state index is -0.416. The summed E-state index contributed by atoms with van der Waals surface area (Å²) in [4.78, 5) is 13.9. The Balaban J connectivity index is 2.02. The average Bonchev–Trinajstić information content (AvgIpc) is 2.88. The quantitative estimate of drug-likeness (QED) is 0.836. The number of rotatable bonds is 4. The zero-order valence-corrected chi connectivity index (χ0v) is 11.6. The van der Waals surface area contributed by atoms with Crippen molar-refractivity contribution in [3.05, 3.63) is 23.7 Å². The first kappa shape index (κ1) is 14.1. The number of furan rings is 1. The van der Waals surface area contributed by atoms with Crippen molar-refractivity contribution in [1.29, 1.82) is 0 Å². The molecule has 0 bridgehead atoms. The third-order valence-corrected chi connectivity index (χ3v) is 4.01. The predicted molar refractivity (Wildman–Crippen MR) is 71.6 cm³/mol. The third kappa shape index (κ3) is 3.16. The number of hydrogen-bond acceptors (Lipinski definition) is 5. The Morgan fingerprint density at radius 1 is 1.63 bits per heavy atom. The molecule has 1 aromatic heterocycles. The van der Waals surface area contributed by atoms with Crippen LogP contribution in [0.1, 0.15) is 29.5 Å². The first-order valence-corrected chi connectivity index (χ1v) is 6.72. The molecule has 0 spiro atoms. The van der Waals surface area contributed by atoms with Gasteiger partial charge in [0.25, 0.3) is 0 Å². The maximum Gasteiger partial charge on any atom is 0.374 e. The molecule has 1 saturated heterocycles. The van der Waals surface area contributed by atoms with Crippen LogP contribution in [0.25, 0.3) is 0 Å². The molecule has 1 aliphatic rings. The molecule has 0 saturated carbocycles. The van der Waals surface area contributed by atoms with E-state index in [1.54, 1.807) is 0 Å². The fourth-order valence-corrected chi connectivity index (χ4v) is 2.65. The van der Waals surface area contributed by atoms with Crippen LogP contribution in [0.15, 0.2) is 16.7 Å². The van der Waals surface area contributed by atoms with Crippen LogP contribution in [0.5, 0.6) is 0 Å². The highest BCUT2D eigenvalue weighted by Crippen LogP contribution is 2.24. The van der Waals surface area contributed by atoms with E-state index in [9.17, 15) is 4.79 Å². The van der Waals surface area contributed by atoms with E-state index < -0.39 is 5.97 Å². The van der Waals surface area contributed by atoms with Gasteiger partial charge in [0.1, 0.15) is 0 Å². The lowest BCUT2D eigenvalue weighted by molar-refractivity contribution is 0.0559. The lowest BCUT2D eigenvalue weighted by Gasteiger charge is -2.36. The summed E-state index contributed by atoms with van der Waals surface area (Å²) in [6.07, 6.45) is 2.68. The van der Waals surface area contributed by atoms with Gasteiger partial charge in [0.2, 0.25) is 5.76 Å². The smallest absolute Gasteiger partial charge is 0.374 e. The van der Waals surface area contributed by atoms with Crippen LogP contribution in [0.3, 0.4) is 0 Å². The highest BCUT2D eigenvalue weighted by Gasteiger charge is 2.26. The first-order valence-electron chi connectivity index (χ1n) is 6.72. The van der Waals surface area contributed by atoms with Crippen LogP contribution in [0.2, 0.25) is 0 Å². The van der Waals surface area contributed by atoms with E-state index in [2.05, 4.69) is 11.8 Å². The number of likely N-dealkylation sites (tertiary alicyclic amines) is 1. The lowest BCUT2D eigenvalue weighted by Crippen LogP contribution is -2.42. The van der Waals surface area contributed by atoms with E-state index in [1.807, 2.05) is 6.07 Å². The number of nitrogens with zero attached hydrogens (tertiary/aromatic N) is 1. The molecule has 2 rings (SSSR count). The molecule has 1 fully saturated rings. The molecule has 106 valence electrons.